The van der Waals surface area contributed by atoms with Gasteiger partial charge in [0.1, 0.15) is 0 Å². The molecule has 1 atom stereocenters. The molecule has 0 aromatic carbocycles. The van der Waals surface area contributed by atoms with Crippen LogP contribution in [0.15, 0.2) is 0 Å². The molecule has 19 heavy (non-hydrogen) atoms. The largest absolute Gasteiger partial charge is 0.396 e. The van der Waals surface area contributed by atoms with Crippen molar-refractivity contribution < 1.29 is 20.1 Å². The van der Waals surface area contributed by atoms with Crippen molar-refractivity contribution >= 4 is 0 Å². The van der Waals surface area contributed by atoms with E-state index >= 15 is 0 Å². The van der Waals surface area contributed by atoms with Gasteiger partial charge in [-0.25, -0.2) is 0 Å². The van der Waals surface area contributed by atoms with Crippen LogP contribution in [0.4, 0.5) is 0 Å². The smallest absolute Gasteiger partial charge is 0.0697 e. The van der Waals surface area contributed by atoms with Crippen LogP contribution in [0, 0.1) is 5.41 Å². The topological polar surface area (TPSA) is 69.9 Å². The van der Waals surface area contributed by atoms with Crippen molar-refractivity contribution in [3.63, 3.8) is 0 Å². The summed E-state index contributed by atoms with van der Waals surface area (Å²) in [4.78, 5) is 0. The van der Waals surface area contributed by atoms with E-state index < -0.39 is 5.41 Å². The summed E-state index contributed by atoms with van der Waals surface area (Å²) in [6.07, 6.45) is 6.97. The van der Waals surface area contributed by atoms with Crippen LogP contribution in [0.5, 0.6) is 0 Å². The molecule has 0 spiro atoms. The maximum atomic E-state index is 9.51. The third-order valence-corrected chi connectivity index (χ3v) is 3.76. The van der Waals surface area contributed by atoms with E-state index in [9.17, 15) is 15.3 Å². The van der Waals surface area contributed by atoms with Crippen molar-refractivity contribution in [2.75, 3.05) is 26.4 Å². The number of hydrogen-bond donors (Lipinski definition) is 3. The second-order valence-corrected chi connectivity index (χ2v) is 5.40. The fourth-order valence-electron chi connectivity index (χ4n) is 2.18. The fraction of sp³-hybridized carbons (Fsp3) is 1.00. The molecule has 3 N–H and O–H groups in total. The van der Waals surface area contributed by atoms with Crippen molar-refractivity contribution in [2.24, 2.45) is 5.41 Å². The fourth-order valence-corrected chi connectivity index (χ4v) is 2.18. The molecule has 0 bridgehead atoms. The van der Waals surface area contributed by atoms with Gasteiger partial charge in [-0.15, -0.1) is 0 Å². The van der Waals surface area contributed by atoms with E-state index in [0.717, 1.165) is 44.9 Å². The Kier molecular flexibility index (Phi) is 11.6. The molecule has 4 heteroatoms. The minimum Gasteiger partial charge on any atom is -0.396 e. The summed E-state index contributed by atoms with van der Waals surface area (Å²) in [5, 5.41) is 28.5. The first kappa shape index (κ1) is 18.8. The van der Waals surface area contributed by atoms with Gasteiger partial charge in [0, 0.05) is 6.61 Å². The molecule has 116 valence electrons. The molecule has 0 aliphatic rings. The normalized spacial score (nSPS) is 13.7. The van der Waals surface area contributed by atoms with Crippen molar-refractivity contribution in [3.8, 4) is 0 Å². The van der Waals surface area contributed by atoms with Crippen molar-refractivity contribution in [3.05, 3.63) is 0 Å². The molecule has 0 aliphatic heterocycles. The van der Waals surface area contributed by atoms with Crippen LogP contribution in [0.3, 0.4) is 0 Å². The van der Waals surface area contributed by atoms with E-state index in [-0.39, 0.29) is 25.9 Å². The lowest BCUT2D eigenvalue weighted by Crippen LogP contribution is -2.46. The number of aliphatic hydroxyl groups excluding tert-OH is 3. The maximum absolute atomic E-state index is 9.51. The van der Waals surface area contributed by atoms with Gasteiger partial charge in [0.25, 0.3) is 0 Å². The second kappa shape index (κ2) is 11.6. The Labute approximate surface area is 117 Å². The highest BCUT2D eigenvalue weighted by Gasteiger charge is 2.38. The molecule has 0 saturated carbocycles. The zero-order chi connectivity index (χ0) is 14.6. The van der Waals surface area contributed by atoms with Gasteiger partial charge in [-0.1, -0.05) is 46.0 Å². The van der Waals surface area contributed by atoms with Crippen molar-refractivity contribution in [2.45, 2.75) is 64.9 Å². The zero-order valence-electron chi connectivity index (χ0n) is 12.6. The predicted molar refractivity (Wildman–Crippen MR) is 77.1 cm³/mol. The Hall–Kier alpha value is -0.160. The van der Waals surface area contributed by atoms with Gasteiger partial charge >= 0.3 is 0 Å². The van der Waals surface area contributed by atoms with Crippen molar-refractivity contribution in [1.82, 2.24) is 0 Å². The number of hydrogen-bond acceptors (Lipinski definition) is 4. The summed E-state index contributed by atoms with van der Waals surface area (Å²) in [5.74, 6) is 0. The van der Waals surface area contributed by atoms with Crippen LogP contribution in [0.2, 0.25) is 0 Å². The number of ether oxygens (including phenoxy) is 1. The first-order valence-electron chi connectivity index (χ1n) is 7.64. The SMILES string of the molecule is CCCCCOC(CCCCC)C(CO)(CO)CO. The Morgan fingerprint density at radius 3 is 1.84 bits per heavy atom. The van der Waals surface area contributed by atoms with Gasteiger partial charge in [-0.05, 0) is 12.8 Å². The molecular formula is C15H32O4. The number of rotatable bonds is 13. The van der Waals surface area contributed by atoms with Crippen LogP contribution in [0.25, 0.3) is 0 Å². The lowest BCUT2D eigenvalue weighted by molar-refractivity contribution is -0.117. The average molecular weight is 276 g/mol. The summed E-state index contributed by atoms with van der Waals surface area (Å²) in [7, 11) is 0. The lowest BCUT2D eigenvalue weighted by Gasteiger charge is -2.36. The average Bonchev–Trinajstić information content (AvgIpc) is 2.45. The molecule has 0 radical (unpaired) electrons. The van der Waals surface area contributed by atoms with E-state index in [1.165, 1.54) is 0 Å². The van der Waals surface area contributed by atoms with Crippen LogP contribution in [0.1, 0.15) is 58.8 Å². The van der Waals surface area contributed by atoms with Gasteiger partial charge < -0.3 is 20.1 Å². The molecule has 0 aromatic heterocycles. The molecule has 0 aromatic rings. The van der Waals surface area contributed by atoms with Crippen molar-refractivity contribution in [1.29, 1.82) is 0 Å². The summed E-state index contributed by atoms with van der Waals surface area (Å²) in [6.45, 7) is 4.17. The minimum atomic E-state index is -0.917. The van der Waals surface area contributed by atoms with Crippen LogP contribution < -0.4 is 0 Å². The van der Waals surface area contributed by atoms with Crippen LogP contribution in [-0.4, -0.2) is 47.9 Å². The van der Waals surface area contributed by atoms with E-state index in [1.54, 1.807) is 0 Å². The van der Waals surface area contributed by atoms with Gasteiger partial charge in [-0.2, -0.15) is 0 Å². The van der Waals surface area contributed by atoms with Gasteiger partial charge in [0.2, 0.25) is 0 Å². The number of aliphatic hydroxyl groups is 3. The minimum absolute atomic E-state index is 0.245. The Morgan fingerprint density at radius 1 is 0.842 bits per heavy atom. The summed E-state index contributed by atoms with van der Waals surface area (Å²) in [5.41, 5.74) is -0.917. The first-order valence-corrected chi connectivity index (χ1v) is 7.64. The van der Waals surface area contributed by atoms with E-state index in [4.69, 9.17) is 4.74 Å². The van der Waals surface area contributed by atoms with E-state index in [0.29, 0.717) is 6.61 Å². The highest BCUT2D eigenvalue weighted by Crippen LogP contribution is 2.28. The second-order valence-electron chi connectivity index (χ2n) is 5.40. The summed E-state index contributed by atoms with van der Waals surface area (Å²) < 4.78 is 5.85. The van der Waals surface area contributed by atoms with Gasteiger partial charge in [0.05, 0.1) is 31.3 Å². The highest BCUT2D eigenvalue weighted by atomic mass is 16.5. The summed E-state index contributed by atoms with van der Waals surface area (Å²) >= 11 is 0. The number of unbranched alkanes of at least 4 members (excludes halogenated alkanes) is 4. The molecule has 4 nitrogen and oxygen atoms in total. The third kappa shape index (κ3) is 6.70. The monoisotopic (exact) mass is 276 g/mol. The molecule has 0 fully saturated rings. The molecule has 0 amide bonds. The van der Waals surface area contributed by atoms with Gasteiger partial charge in [-0.3, -0.25) is 0 Å². The molecule has 0 heterocycles. The molecule has 1 unspecified atom stereocenters. The van der Waals surface area contributed by atoms with E-state index in [2.05, 4.69) is 13.8 Å². The Morgan fingerprint density at radius 2 is 1.37 bits per heavy atom. The highest BCUT2D eigenvalue weighted by molar-refractivity contribution is 4.86. The van der Waals surface area contributed by atoms with Gasteiger partial charge in [0.15, 0.2) is 0 Å². The quantitative estimate of drug-likeness (QED) is 0.451. The predicted octanol–water partition coefficient (Wildman–Crippen LogP) is 2.11. The molecule has 0 aliphatic carbocycles. The molecule has 0 rings (SSSR count). The molecule has 0 saturated heterocycles. The Balaban J connectivity index is 4.43. The maximum Gasteiger partial charge on any atom is 0.0697 e. The summed E-state index contributed by atoms with van der Waals surface area (Å²) in [6, 6.07) is 0. The third-order valence-electron chi connectivity index (χ3n) is 3.76. The Bertz CT molecular complexity index is 184. The molecular weight excluding hydrogens is 244 g/mol. The lowest BCUT2D eigenvalue weighted by atomic mass is 9.81. The van der Waals surface area contributed by atoms with Crippen LogP contribution in [-0.2, 0) is 4.74 Å². The standard InChI is InChI=1S/C15H32O4/c1-3-5-7-9-14(19-10-8-6-4-2)15(11-16,12-17)13-18/h14,16-18H,3-13H2,1-2H3. The first-order chi connectivity index (χ1) is 9.20. The van der Waals surface area contributed by atoms with E-state index in [1.807, 2.05) is 0 Å². The van der Waals surface area contributed by atoms with Crippen LogP contribution >= 0.6 is 0 Å². The zero-order valence-corrected chi connectivity index (χ0v) is 12.6.